The third kappa shape index (κ3) is 5.19. The standard InChI is InChI=1S/C27H33N3/c1-4-6-13-26(29-27(5-2)18-9-10-19-27)30(3)21-22-14-16-23(17-15-22)25-12-8-7-11-24(25)20-28/h5,7-8,11-12,14-17H,2,4,6,9-10,13,18-19,21H2,1,3H3. The Labute approximate surface area is 181 Å². The van der Waals surface area contributed by atoms with E-state index in [2.05, 4.69) is 61.9 Å². The highest BCUT2D eigenvalue weighted by Crippen LogP contribution is 2.35. The van der Waals surface area contributed by atoms with Crippen molar-refractivity contribution >= 4 is 5.84 Å². The summed E-state index contributed by atoms with van der Waals surface area (Å²) in [6.07, 6.45) is 10.1. The Morgan fingerprint density at radius 3 is 2.50 bits per heavy atom. The van der Waals surface area contributed by atoms with Crippen LogP contribution in [-0.2, 0) is 6.54 Å². The van der Waals surface area contributed by atoms with Crippen molar-refractivity contribution < 1.29 is 0 Å². The molecule has 3 nitrogen and oxygen atoms in total. The van der Waals surface area contributed by atoms with Crippen molar-refractivity contribution in [3.63, 3.8) is 0 Å². The third-order valence-corrected chi connectivity index (χ3v) is 6.13. The first-order valence-electron chi connectivity index (χ1n) is 11.1. The van der Waals surface area contributed by atoms with Crippen molar-refractivity contribution in [2.24, 2.45) is 4.99 Å². The van der Waals surface area contributed by atoms with Gasteiger partial charge >= 0.3 is 0 Å². The molecule has 30 heavy (non-hydrogen) atoms. The zero-order valence-corrected chi connectivity index (χ0v) is 18.4. The highest BCUT2D eigenvalue weighted by molar-refractivity contribution is 5.82. The third-order valence-electron chi connectivity index (χ3n) is 6.13. The van der Waals surface area contributed by atoms with Crippen LogP contribution in [0.2, 0.25) is 0 Å². The van der Waals surface area contributed by atoms with Crippen molar-refractivity contribution in [2.45, 2.75) is 64.0 Å². The van der Waals surface area contributed by atoms with Gasteiger partial charge in [-0.15, -0.1) is 6.58 Å². The van der Waals surface area contributed by atoms with Crippen LogP contribution in [0.5, 0.6) is 0 Å². The summed E-state index contributed by atoms with van der Waals surface area (Å²) in [6, 6.07) is 18.6. The molecule has 2 aromatic carbocycles. The van der Waals surface area contributed by atoms with Crippen LogP contribution >= 0.6 is 0 Å². The Hall–Kier alpha value is -2.86. The maximum atomic E-state index is 9.37. The molecule has 1 saturated carbocycles. The normalized spacial score (nSPS) is 15.6. The first-order valence-corrected chi connectivity index (χ1v) is 11.1. The van der Waals surface area contributed by atoms with Gasteiger partial charge in [-0.2, -0.15) is 5.26 Å². The van der Waals surface area contributed by atoms with Gasteiger partial charge in [0.1, 0.15) is 0 Å². The van der Waals surface area contributed by atoms with E-state index >= 15 is 0 Å². The van der Waals surface area contributed by atoms with E-state index < -0.39 is 0 Å². The molecule has 0 N–H and O–H groups in total. The minimum Gasteiger partial charge on any atom is -0.359 e. The fraction of sp³-hybridized carbons (Fsp3) is 0.407. The van der Waals surface area contributed by atoms with Crippen LogP contribution in [0.15, 0.2) is 66.2 Å². The molecule has 156 valence electrons. The highest BCUT2D eigenvalue weighted by atomic mass is 15.2. The second-order valence-corrected chi connectivity index (χ2v) is 8.36. The van der Waals surface area contributed by atoms with Crippen LogP contribution in [0, 0.1) is 11.3 Å². The average Bonchev–Trinajstić information content (AvgIpc) is 3.26. The van der Waals surface area contributed by atoms with Gasteiger partial charge in [-0.25, -0.2) is 0 Å². The fourth-order valence-corrected chi connectivity index (χ4v) is 4.26. The van der Waals surface area contributed by atoms with E-state index in [0.29, 0.717) is 5.56 Å². The van der Waals surface area contributed by atoms with Gasteiger partial charge in [0, 0.05) is 20.0 Å². The maximum Gasteiger partial charge on any atom is 0.1000 e. The van der Waals surface area contributed by atoms with Crippen molar-refractivity contribution in [1.82, 2.24) is 4.90 Å². The van der Waals surface area contributed by atoms with Crippen molar-refractivity contribution in [2.75, 3.05) is 7.05 Å². The number of hydrogen-bond donors (Lipinski definition) is 0. The van der Waals surface area contributed by atoms with Gasteiger partial charge in [-0.1, -0.05) is 74.7 Å². The number of nitriles is 1. The molecule has 1 fully saturated rings. The quantitative estimate of drug-likeness (QED) is 0.280. The summed E-state index contributed by atoms with van der Waals surface area (Å²) in [5, 5.41) is 9.37. The molecule has 0 spiro atoms. The number of amidine groups is 1. The molecule has 0 amide bonds. The lowest BCUT2D eigenvalue weighted by molar-refractivity contribution is 0.461. The second kappa shape index (κ2) is 10.3. The van der Waals surface area contributed by atoms with Crippen molar-refractivity contribution in [1.29, 1.82) is 5.26 Å². The number of nitrogens with zero attached hydrogens (tertiary/aromatic N) is 3. The molecule has 1 aliphatic rings. The van der Waals surface area contributed by atoms with Gasteiger partial charge < -0.3 is 4.90 Å². The van der Waals surface area contributed by atoms with Crippen LogP contribution < -0.4 is 0 Å². The minimum absolute atomic E-state index is 0.0673. The van der Waals surface area contributed by atoms with Gasteiger partial charge in [-0.3, -0.25) is 4.99 Å². The summed E-state index contributed by atoms with van der Waals surface area (Å²) in [6.45, 7) is 7.16. The number of hydrogen-bond acceptors (Lipinski definition) is 2. The van der Waals surface area contributed by atoms with Crippen molar-refractivity contribution in [3.05, 3.63) is 72.3 Å². The number of unbranched alkanes of at least 4 members (excludes halogenated alkanes) is 1. The van der Waals surface area contributed by atoms with Gasteiger partial charge in [0.25, 0.3) is 0 Å². The van der Waals surface area contributed by atoms with Gasteiger partial charge in [0.15, 0.2) is 0 Å². The molecule has 0 saturated heterocycles. The van der Waals surface area contributed by atoms with E-state index in [1.807, 2.05) is 24.3 Å². The molecule has 3 heteroatoms. The summed E-state index contributed by atoms with van der Waals surface area (Å²) in [5.41, 5.74) is 3.96. The van der Waals surface area contributed by atoms with Crippen LogP contribution in [0.1, 0.15) is 63.0 Å². The predicted octanol–water partition coefficient (Wildman–Crippen LogP) is 6.74. The van der Waals surface area contributed by atoms with Crippen LogP contribution in [0.4, 0.5) is 0 Å². The molecular formula is C27H33N3. The highest BCUT2D eigenvalue weighted by Gasteiger charge is 2.31. The smallest absolute Gasteiger partial charge is 0.1000 e. The largest absolute Gasteiger partial charge is 0.359 e. The summed E-state index contributed by atoms with van der Waals surface area (Å²) in [5.74, 6) is 1.19. The molecular weight excluding hydrogens is 366 g/mol. The SMILES string of the molecule is C=CC1(N=C(CCCC)N(C)Cc2ccc(-c3ccccc3C#N)cc2)CCCC1. The second-order valence-electron chi connectivity index (χ2n) is 8.36. The Morgan fingerprint density at radius 2 is 1.87 bits per heavy atom. The molecule has 0 aliphatic heterocycles. The Morgan fingerprint density at radius 1 is 1.17 bits per heavy atom. The lowest BCUT2D eigenvalue weighted by atomic mass is 9.98. The topological polar surface area (TPSA) is 39.4 Å². The fourth-order valence-electron chi connectivity index (χ4n) is 4.26. The number of benzene rings is 2. The average molecular weight is 400 g/mol. The molecule has 0 aromatic heterocycles. The van der Waals surface area contributed by atoms with Crippen LogP contribution in [-0.4, -0.2) is 23.3 Å². The lowest BCUT2D eigenvalue weighted by Crippen LogP contribution is -2.31. The zero-order chi connectivity index (χ0) is 21.4. The van der Waals surface area contributed by atoms with E-state index in [0.717, 1.165) is 43.4 Å². The van der Waals surface area contributed by atoms with Gasteiger partial charge in [0.2, 0.25) is 0 Å². The molecule has 0 unspecified atom stereocenters. The summed E-state index contributed by atoms with van der Waals surface area (Å²) in [4.78, 5) is 7.54. The zero-order valence-electron chi connectivity index (χ0n) is 18.4. The van der Waals surface area contributed by atoms with E-state index in [1.165, 1.54) is 30.7 Å². The molecule has 0 atom stereocenters. The molecule has 3 rings (SSSR count). The number of aliphatic imine (C=N–C) groups is 1. The summed E-state index contributed by atoms with van der Waals surface area (Å²) in [7, 11) is 2.15. The molecule has 0 bridgehead atoms. The first kappa shape index (κ1) is 21.8. The van der Waals surface area contributed by atoms with E-state index in [9.17, 15) is 5.26 Å². The Kier molecular flexibility index (Phi) is 7.46. The van der Waals surface area contributed by atoms with Crippen LogP contribution in [0.25, 0.3) is 11.1 Å². The molecule has 1 aliphatic carbocycles. The van der Waals surface area contributed by atoms with Crippen molar-refractivity contribution in [3.8, 4) is 17.2 Å². The lowest BCUT2D eigenvalue weighted by Gasteiger charge is -2.27. The maximum absolute atomic E-state index is 9.37. The Bertz CT molecular complexity index is 912. The Balaban J connectivity index is 1.78. The van der Waals surface area contributed by atoms with E-state index in [1.54, 1.807) is 0 Å². The minimum atomic E-state index is -0.0673. The number of rotatable bonds is 8. The summed E-state index contributed by atoms with van der Waals surface area (Å²) < 4.78 is 0. The predicted molar refractivity (Wildman–Crippen MR) is 126 cm³/mol. The van der Waals surface area contributed by atoms with Gasteiger partial charge in [0.05, 0.1) is 23.0 Å². The van der Waals surface area contributed by atoms with Crippen LogP contribution in [0.3, 0.4) is 0 Å². The van der Waals surface area contributed by atoms with E-state index in [-0.39, 0.29) is 5.54 Å². The molecule has 0 radical (unpaired) electrons. The molecule has 2 aromatic rings. The first-order chi connectivity index (χ1) is 14.6. The monoisotopic (exact) mass is 399 g/mol. The van der Waals surface area contributed by atoms with Gasteiger partial charge in [-0.05, 0) is 42.0 Å². The van der Waals surface area contributed by atoms with E-state index in [4.69, 9.17) is 4.99 Å². The summed E-state index contributed by atoms with van der Waals surface area (Å²) >= 11 is 0. The molecule has 0 heterocycles.